The van der Waals surface area contributed by atoms with Crippen LogP contribution < -0.4 is 10.1 Å². The van der Waals surface area contributed by atoms with E-state index in [1.807, 2.05) is 60.7 Å². The highest BCUT2D eigenvalue weighted by Crippen LogP contribution is 2.24. The molecule has 4 nitrogen and oxygen atoms in total. The Kier molecular flexibility index (Phi) is 5.53. The first kappa shape index (κ1) is 17.3. The van der Waals surface area contributed by atoms with Crippen molar-refractivity contribution in [3.63, 3.8) is 0 Å². The summed E-state index contributed by atoms with van der Waals surface area (Å²) in [5, 5.41) is 12.9. The molecule has 0 saturated carbocycles. The van der Waals surface area contributed by atoms with Gasteiger partial charge in [-0.3, -0.25) is 0 Å². The van der Waals surface area contributed by atoms with Gasteiger partial charge < -0.3 is 19.6 Å². The average Bonchev–Trinajstić information content (AvgIpc) is 3.11. The maximum atomic E-state index is 9.57. The summed E-state index contributed by atoms with van der Waals surface area (Å²) in [7, 11) is 1.67. The first-order valence-electron chi connectivity index (χ1n) is 8.36. The zero-order chi connectivity index (χ0) is 17.6. The molecule has 0 aliphatic heterocycles. The first-order valence-corrected chi connectivity index (χ1v) is 8.36. The maximum absolute atomic E-state index is 9.57. The lowest BCUT2D eigenvalue weighted by Gasteiger charge is -2.05. The zero-order valence-corrected chi connectivity index (χ0v) is 14.5. The second-order valence-corrected chi connectivity index (χ2v) is 6.02. The van der Waals surface area contributed by atoms with E-state index in [0.29, 0.717) is 6.54 Å². The van der Waals surface area contributed by atoms with Crippen LogP contribution in [0.1, 0.15) is 29.9 Å². The van der Waals surface area contributed by atoms with Gasteiger partial charge in [0.15, 0.2) is 0 Å². The van der Waals surface area contributed by atoms with Crippen LogP contribution in [0.5, 0.6) is 5.75 Å². The Morgan fingerprint density at radius 2 is 1.68 bits per heavy atom. The molecule has 0 bridgehead atoms. The number of aliphatic hydroxyl groups is 1. The van der Waals surface area contributed by atoms with E-state index in [2.05, 4.69) is 5.32 Å². The summed E-state index contributed by atoms with van der Waals surface area (Å²) in [4.78, 5) is 0. The van der Waals surface area contributed by atoms with Gasteiger partial charge in [0.1, 0.15) is 17.3 Å². The van der Waals surface area contributed by atoms with Crippen molar-refractivity contribution >= 4 is 0 Å². The molecule has 0 aliphatic rings. The van der Waals surface area contributed by atoms with Gasteiger partial charge in [-0.25, -0.2) is 0 Å². The van der Waals surface area contributed by atoms with Crippen LogP contribution in [0.15, 0.2) is 65.1 Å². The lowest BCUT2D eigenvalue weighted by Crippen LogP contribution is -2.11. The molecule has 2 N–H and O–H groups in total. The molecule has 0 aliphatic carbocycles. The third-order valence-electron chi connectivity index (χ3n) is 4.13. The fourth-order valence-corrected chi connectivity index (χ4v) is 2.63. The van der Waals surface area contributed by atoms with E-state index in [0.717, 1.165) is 34.9 Å². The largest absolute Gasteiger partial charge is 0.497 e. The van der Waals surface area contributed by atoms with Crippen LogP contribution >= 0.6 is 0 Å². The Morgan fingerprint density at radius 1 is 0.960 bits per heavy atom. The topological polar surface area (TPSA) is 54.6 Å². The molecule has 4 heteroatoms. The number of aliphatic hydroxyl groups excluding tert-OH is 1. The van der Waals surface area contributed by atoms with Crippen molar-refractivity contribution in [3.8, 4) is 17.1 Å². The summed E-state index contributed by atoms with van der Waals surface area (Å²) < 4.78 is 11.1. The Morgan fingerprint density at radius 3 is 2.32 bits per heavy atom. The van der Waals surface area contributed by atoms with Gasteiger partial charge in [0.25, 0.3) is 0 Å². The Labute approximate surface area is 148 Å². The van der Waals surface area contributed by atoms with E-state index >= 15 is 0 Å². The number of rotatable bonds is 7. The lowest BCUT2D eigenvalue weighted by atomic mass is 10.1. The number of hydrogen-bond acceptors (Lipinski definition) is 4. The Bertz CT molecular complexity index is 789. The summed E-state index contributed by atoms with van der Waals surface area (Å²) in [6, 6.07) is 19.7. The lowest BCUT2D eigenvalue weighted by molar-refractivity contribution is 0.199. The van der Waals surface area contributed by atoms with E-state index < -0.39 is 6.10 Å². The quantitative estimate of drug-likeness (QED) is 0.675. The molecular weight excluding hydrogens is 314 g/mol. The van der Waals surface area contributed by atoms with Crippen LogP contribution in [0.4, 0.5) is 0 Å². The highest BCUT2D eigenvalue weighted by Gasteiger charge is 2.06. The van der Waals surface area contributed by atoms with Crippen molar-refractivity contribution in [3.05, 3.63) is 77.6 Å². The molecule has 1 atom stereocenters. The molecule has 130 valence electrons. The minimum atomic E-state index is -0.455. The molecule has 3 aromatic rings. The highest BCUT2D eigenvalue weighted by molar-refractivity contribution is 5.58. The third-order valence-corrected chi connectivity index (χ3v) is 4.13. The molecule has 1 unspecified atom stereocenters. The van der Waals surface area contributed by atoms with Crippen LogP contribution in [-0.4, -0.2) is 12.2 Å². The second-order valence-electron chi connectivity index (χ2n) is 6.02. The van der Waals surface area contributed by atoms with E-state index in [1.54, 1.807) is 14.0 Å². The van der Waals surface area contributed by atoms with E-state index in [-0.39, 0.29) is 0 Å². The van der Waals surface area contributed by atoms with Gasteiger partial charge in [-0.1, -0.05) is 36.4 Å². The van der Waals surface area contributed by atoms with E-state index in [1.165, 1.54) is 5.56 Å². The fourth-order valence-electron chi connectivity index (χ4n) is 2.63. The molecule has 25 heavy (non-hydrogen) atoms. The van der Waals surface area contributed by atoms with Crippen molar-refractivity contribution < 1.29 is 14.3 Å². The monoisotopic (exact) mass is 337 g/mol. The van der Waals surface area contributed by atoms with Crippen LogP contribution in [0, 0.1) is 0 Å². The second kappa shape index (κ2) is 8.01. The van der Waals surface area contributed by atoms with Crippen molar-refractivity contribution in [2.45, 2.75) is 26.1 Å². The van der Waals surface area contributed by atoms with Crippen molar-refractivity contribution in [2.24, 2.45) is 0 Å². The molecule has 1 heterocycles. The number of furan rings is 1. The van der Waals surface area contributed by atoms with Crippen molar-refractivity contribution in [1.29, 1.82) is 0 Å². The van der Waals surface area contributed by atoms with Gasteiger partial charge in [0.05, 0.1) is 19.8 Å². The Hall–Kier alpha value is -2.56. The van der Waals surface area contributed by atoms with Crippen LogP contribution in [0.3, 0.4) is 0 Å². The van der Waals surface area contributed by atoms with Gasteiger partial charge in [0, 0.05) is 12.1 Å². The minimum Gasteiger partial charge on any atom is -0.497 e. The maximum Gasteiger partial charge on any atom is 0.134 e. The predicted molar refractivity (Wildman–Crippen MR) is 98.3 cm³/mol. The van der Waals surface area contributed by atoms with E-state index in [9.17, 15) is 5.11 Å². The molecule has 0 radical (unpaired) electrons. The van der Waals surface area contributed by atoms with Gasteiger partial charge >= 0.3 is 0 Å². The molecule has 0 saturated heterocycles. The SMILES string of the molecule is COc1ccc(CNCc2ccc(-c3ccc(C(C)O)cc3)o2)cc1. The number of benzene rings is 2. The standard InChI is InChI=1S/C21H23NO3/c1-15(23)17-5-7-18(8-6-17)21-12-11-20(25-21)14-22-13-16-3-9-19(24-2)10-4-16/h3-12,15,22-23H,13-14H2,1-2H3. The molecule has 0 fully saturated rings. The Balaban J connectivity index is 1.56. The summed E-state index contributed by atoms with van der Waals surface area (Å²) in [6.45, 7) is 3.19. The summed E-state index contributed by atoms with van der Waals surface area (Å²) >= 11 is 0. The van der Waals surface area contributed by atoms with E-state index in [4.69, 9.17) is 9.15 Å². The van der Waals surface area contributed by atoms with Gasteiger partial charge in [-0.2, -0.15) is 0 Å². The number of hydrogen-bond donors (Lipinski definition) is 2. The summed E-state index contributed by atoms with van der Waals surface area (Å²) in [5.74, 6) is 2.59. The minimum absolute atomic E-state index is 0.455. The summed E-state index contributed by atoms with van der Waals surface area (Å²) in [5.41, 5.74) is 3.10. The van der Waals surface area contributed by atoms with Crippen molar-refractivity contribution in [1.82, 2.24) is 5.32 Å². The normalized spacial score (nSPS) is 12.1. The molecule has 2 aromatic carbocycles. The summed E-state index contributed by atoms with van der Waals surface area (Å²) in [6.07, 6.45) is -0.455. The van der Waals surface area contributed by atoms with Gasteiger partial charge in [0.2, 0.25) is 0 Å². The van der Waals surface area contributed by atoms with Crippen molar-refractivity contribution in [2.75, 3.05) is 7.11 Å². The van der Waals surface area contributed by atoms with Crippen LogP contribution in [0.25, 0.3) is 11.3 Å². The number of methoxy groups -OCH3 is 1. The number of ether oxygens (including phenoxy) is 1. The third kappa shape index (κ3) is 4.50. The van der Waals surface area contributed by atoms with Crippen LogP contribution in [0.2, 0.25) is 0 Å². The molecular formula is C21H23NO3. The highest BCUT2D eigenvalue weighted by atomic mass is 16.5. The predicted octanol–water partition coefficient (Wildman–Crippen LogP) is 4.30. The molecule has 3 rings (SSSR count). The molecule has 0 amide bonds. The molecule has 1 aromatic heterocycles. The number of nitrogens with one attached hydrogen (secondary N) is 1. The zero-order valence-electron chi connectivity index (χ0n) is 14.5. The fraction of sp³-hybridized carbons (Fsp3) is 0.238. The van der Waals surface area contributed by atoms with Gasteiger partial charge in [-0.15, -0.1) is 0 Å². The van der Waals surface area contributed by atoms with Crippen LogP contribution in [-0.2, 0) is 13.1 Å². The average molecular weight is 337 g/mol. The first-order chi connectivity index (χ1) is 12.2. The van der Waals surface area contributed by atoms with Gasteiger partial charge in [-0.05, 0) is 42.3 Å². The molecule has 0 spiro atoms. The smallest absolute Gasteiger partial charge is 0.134 e.